The van der Waals surface area contributed by atoms with Crippen molar-refractivity contribution in [2.75, 3.05) is 11.9 Å². The van der Waals surface area contributed by atoms with E-state index in [4.69, 9.17) is 0 Å². The largest absolute Gasteiger partial charge is 0.385 e. The van der Waals surface area contributed by atoms with Crippen LogP contribution in [0.25, 0.3) is 10.9 Å². The first-order valence-corrected chi connectivity index (χ1v) is 6.97. The lowest BCUT2D eigenvalue weighted by Crippen LogP contribution is -2.04. The summed E-state index contributed by atoms with van der Waals surface area (Å²) in [5.74, 6) is -1.09. The van der Waals surface area contributed by atoms with Crippen LogP contribution in [0, 0.1) is 11.6 Å². The van der Waals surface area contributed by atoms with Gasteiger partial charge < -0.3 is 5.32 Å². The lowest BCUT2D eigenvalue weighted by atomic mass is 10.1. The molecule has 102 valence electrons. The maximum absolute atomic E-state index is 13.9. The van der Waals surface area contributed by atoms with E-state index in [-0.39, 0.29) is 15.9 Å². The zero-order chi connectivity index (χ0) is 14.2. The van der Waals surface area contributed by atoms with Gasteiger partial charge in [0.2, 0.25) is 0 Å². The minimum atomic E-state index is -0.641. The molecule has 2 rings (SSSR count). The maximum atomic E-state index is 13.9. The van der Waals surface area contributed by atoms with Crippen LogP contribution in [0.5, 0.6) is 0 Å². The van der Waals surface area contributed by atoms with E-state index in [1.807, 2.05) is 26.8 Å². The Morgan fingerprint density at radius 2 is 1.95 bits per heavy atom. The molecule has 0 saturated carbocycles. The second-order valence-electron chi connectivity index (χ2n) is 4.66. The number of hydrogen-bond donors (Lipinski definition) is 1. The van der Waals surface area contributed by atoms with Gasteiger partial charge in [-0.1, -0.05) is 13.8 Å². The van der Waals surface area contributed by atoms with E-state index in [2.05, 4.69) is 26.2 Å². The molecule has 0 saturated heterocycles. The van der Waals surface area contributed by atoms with E-state index >= 15 is 0 Å². The van der Waals surface area contributed by atoms with E-state index in [0.717, 1.165) is 11.8 Å². The number of benzene rings is 1. The SMILES string of the molecule is CCNc1cc(C(C)C)nc2c(F)cc(F)c(Br)c12. The van der Waals surface area contributed by atoms with Gasteiger partial charge in [0.1, 0.15) is 11.3 Å². The Balaban J connectivity index is 2.86. The molecule has 0 amide bonds. The molecule has 2 nitrogen and oxygen atoms in total. The second-order valence-corrected chi connectivity index (χ2v) is 5.45. The number of halogens is 3. The molecular formula is C14H15BrF2N2. The molecule has 1 aromatic carbocycles. The summed E-state index contributed by atoms with van der Waals surface area (Å²) in [4.78, 5) is 4.31. The normalized spacial score (nSPS) is 11.3. The molecule has 1 N–H and O–H groups in total. The van der Waals surface area contributed by atoms with Crippen molar-refractivity contribution in [1.29, 1.82) is 0 Å². The predicted molar refractivity (Wildman–Crippen MR) is 77.6 cm³/mol. The Labute approximate surface area is 119 Å². The van der Waals surface area contributed by atoms with Crippen molar-refractivity contribution >= 4 is 32.5 Å². The molecule has 1 heterocycles. The van der Waals surface area contributed by atoms with Crippen molar-refractivity contribution in [3.05, 3.63) is 33.9 Å². The first kappa shape index (κ1) is 14.2. The van der Waals surface area contributed by atoms with Crippen molar-refractivity contribution in [3.63, 3.8) is 0 Å². The summed E-state index contributed by atoms with van der Waals surface area (Å²) >= 11 is 3.18. The van der Waals surface area contributed by atoms with Gasteiger partial charge in [-0.3, -0.25) is 0 Å². The van der Waals surface area contributed by atoms with Crippen molar-refractivity contribution in [1.82, 2.24) is 4.98 Å². The molecule has 0 unspecified atom stereocenters. The van der Waals surface area contributed by atoms with Gasteiger partial charge in [0.25, 0.3) is 0 Å². The fraction of sp³-hybridized carbons (Fsp3) is 0.357. The summed E-state index contributed by atoms with van der Waals surface area (Å²) in [5, 5.41) is 3.59. The molecule has 5 heteroatoms. The van der Waals surface area contributed by atoms with Crippen molar-refractivity contribution in [3.8, 4) is 0 Å². The van der Waals surface area contributed by atoms with E-state index < -0.39 is 11.6 Å². The van der Waals surface area contributed by atoms with E-state index in [9.17, 15) is 8.78 Å². The summed E-state index contributed by atoms with van der Waals surface area (Å²) in [5.41, 5.74) is 1.66. The third-order valence-corrected chi connectivity index (χ3v) is 3.68. The first-order chi connectivity index (χ1) is 8.95. The summed E-state index contributed by atoms with van der Waals surface area (Å²) in [6, 6.07) is 2.71. The number of fused-ring (bicyclic) bond motifs is 1. The molecule has 0 fully saturated rings. The third-order valence-electron chi connectivity index (χ3n) is 2.91. The maximum Gasteiger partial charge on any atom is 0.152 e. The first-order valence-electron chi connectivity index (χ1n) is 6.17. The Hall–Kier alpha value is -1.23. The highest BCUT2D eigenvalue weighted by Gasteiger charge is 2.17. The van der Waals surface area contributed by atoms with Gasteiger partial charge in [-0.05, 0) is 34.8 Å². The Morgan fingerprint density at radius 1 is 1.26 bits per heavy atom. The topological polar surface area (TPSA) is 24.9 Å². The summed E-state index contributed by atoms with van der Waals surface area (Å²) in [6.45, 7) is 6.58. The standard InChI is InChI=1S/C14H15BrF2N2/c1-4-18-11-6-10(7(2)3)19-14-9(17)5-8(16)13(15)12(11)14/h5-7H,4H2,1-3H3,(H,18,19). The van der Waals surface area contributed by atoms with E-state index in [1.165, 1.54) is 0 Å². The molecule has 0 bridgehead atoms. The van der Waals surface area contributed by atoms with Gasteiger partial charge >= 0.3 is 0 Å². The molecule has 1 aromatic heterocycles. The number of rotatable bonds is 3. The van der Waals surface area contributed by atoms with Crippen molar-refractivity contribution < 1.29 is 8.78 Å². The van der Waals surface area contributed by atoms with Crippen LogP contribution in [-0.4, -0.2) is 11.5 Å². The van der Waals surface area contributed by atoms with Gasteiger partial charge in [0.05, 0.1) is 4.47 Å². The monoisotopic (exact) mass is 328 g/mol. The van der Waals surface area contributed by atoms with Crippen LogP contribution in [0.2, 0.25) is 0 Å². The fourth-order valence-corrected chi connectivity index (χ4v) is 2.46. The molecule has 0 aliphatic rings. The van der Waals surface area contributed by atoms with Gasteiger partial charge in [0, 0.05) is 29.4 Å². The average Bonchev–Trinajstić information content (AvgIpc) is 2.35. The molecule has 0 radical (unpaired) electrons. The van der Waals surface area contributed by atoms with Crippen LogP contribution < -0.4 is 5.32 Å². The number of hydrogen-bond acceptors (Lipinski definition) is 2. The van der Waals surface area contributed by atoms with Crippen LogP contribution in [0.15, 0.2) is 16.6 Å². The van der Waals surface area contributed by atoms with Crippen molar-refractivity contribution in [2.24, 2.45) is 0 Å². The number of pyridine rings is 1. The third kappa shape index (κ3) is 2.56. The quantitative estimate of drug-likeness (QED) is 0.816. The molecule has 0 aliphatic heterocycles. The van der Waals surface area contributed by atoms with Gasteiger partial charge in [-0.2, -0.15) is 0 Å². The number of anilines is 1. The van der Waals surface area contributed by atoms with Crippen LogP contribution in [0.4, 0.5) is 14.5 Å². The predicted octanol–water partition coefficient (Wildman–Crippen LogP) is 4.83. The molecule has 2 aromatic rings. The summed E-state index contributed by atoms with van der Waals surface area (Å²) in [7, 11) is 0. The molecule has 0 spiro atoms. The minimum absolute atomic E-state index is 0.171. The summed E-state index contributed by atoms with van der Waals surface area (Å²) < 4.78 is 27.8. The van der Waals surface area contributed by atoms with E-state index in [0.29, 0.717) is 17.6 Å². The van der Waals surface area contributed by atoms with Crippen LogP contribution >= 0.6 is 15.9 Å². The number of aromatic nitrogens is 1. The molecule has 19 heavy (non-hydrogen) atoms. The molecular weight excluding hydrogens is 314 g/mol. The Bertz CT molecular complexity index is 627. The number of nitrogens with one attached hydrogen (secondary N) is 1. The average molecular weight is 329 g/mol. The van der Waals surface area contributed by atoms with E-state index in [1.54, 1.807) is 0 Å². The molecule has 0 atom stereocenters. The Kier molecular flexibility index (Phi) is 4.04. The lowest BCUT2D eigenvalue weighted by molar-refractivity contribution is 0.586. The van der Waals surface area contributed by atoms with Crippen LogP contribution in [-0.2, 0) is 0 Å². The van der Waals surface area contributed by atoms with Gasteiger partial charge in [0.15, 0.2) is 5.82 Å². The zero-order valence-electron chi connectivity index (χ0n) is 11.0. The molecule has 0 aliphatic carbocycles. The minimum Gasteiger partial charge on any atom is -0.385 e. The summed E-state index contributed by atoms with van der Waals surface area (Å²) in [6.07, 6.45) is 0. The van der Waals surface area contributed by atoms with Crippen molar-refractivity contribution in [2.45, 2.75) is 26.7 Å². The zero-order valence-corrected chi connectivity index (χ0v) is 12.6. The lowest BCUT2D eigenvalue weighted by Gasteiger charge is -2.14. The smallest absolute Gasteiger partial charge is 0.152 e. The second kappa shape index (κ2) is 5.41. The van der Waals surface area contributed by atoms with Crippen LogP contribution in [0.3, 0.4) is 0 Å². The highest BCUT2D eigenvalue weighted by molar-refractivity contribution is 9.10. The Morgan fingerprint density at radius 3 is 2.53 bits per heavy atom. The number of nitrogens with zero attached hydrogens (tertiary/aromatic N) is 1. The van der Waals surface area contributed by atoms with Gasteiger partial charge in [-0.15, -0.1) is 0 Å². The highest BCUT2D eigenvalue weighted by Crippen LogP contribution is 2.35. The van der Waals surface area contributed by atoms with Crippen LogP contribution in [0.1, 0.15) is 32.4 Å². The van der Waals surface area contributed by atoms with Gasteiger partial charge in [-0.25, -0.2) is 13.8 Å². The fourth-order valence-electron chi connectivity index (χ4n) is 1.95. The highest BCUT2D eigenvalue weighted by atomic mass is 79.9.